The summed E-state index contributed by atoms with van der Waals surface area (Å²) in [4.78, 5) is 27.1. The highest BCUT2D eigenvalue weighted by molar-refractivity contribution is 7.09. The van der Waals surface area contributed by atoms with E-state index < -0.39 is 0 Å². The lowest BCUT2D eigenvalue weighted by Crippen LogP contribution is -2.40. The predicted molar refractivity (Wildman–Crippen MR) is 107 cm³/mol. The number of furan rings is 1. The van der Waals surface area contributed by atoms with Gasteiger partial charge in [0.05, 0.1) is 17.0 Å². The minimum Gasteiger partial charge on any atom is -0.458 e. The van der Waals surface area contributed by atoms with Crippen molar-refractivity contribution in [1.29, 1.82) is 0 Å². The summed E-state index contributed by atoms with van der Waals surface area (Å²) in [6.07, 6.45) is 5.35. The fourth-order valence-corrected chi connectivity index (χ4v) is 4.55. The topological polar surface area (TPSA) is 75.0 Å². The van der Waals surface area contributed by atoms with E-state index in [-0.39, 0.29) is 11.9 Å². The number of H-pyrrole nitrogens is 1. The maximum atomic E-state index is 13.1. The summed E-state index contributed by atoms with van der Waals surface area (Å²) in [6, 6.07) is 7.78. The van der Waals surface area contributed by atoms with Crippen molar-refractivity contribution in [3.05, 3.63) is 69.9 Å². The molecule has 0 aliphatic carbocycles. The van der Waals surface area contributed by atoms with Gasteiger partial charge in [-0.25, -0.2) is 9.97 Å². The van der Waals surface area contributed by atoms with Gasteiger partial charge in [0.1, 0.15) is 17.4 Å². The Labute approximate surface area is 166 Å². The zero-order valence-corrected chi connectivity index (χ0v) is 16.3. The van der Waals surface area contributed by atoms with Gasteiger partial charge in [-0.1, -0.05) is 12.1 Å². The Bertz CT molecular complexity index is 1130. The quantitative estimate of drug-likeness (QED) is 0.569. The minimum absolute atomic E-state index is 0.103. The summed E-state index contributed by atoms with van der Waals surface area (Å²) >= 11 is 1.59. The molecular formula is C21H20N4O2S. The van der Waals surface area contributed by atoms with Crippen molar-refractivity contribution in [2.24, 2.45) is 0 Å². The molecular weight excluding hydrogens is 372 g/mol. The van der Waals surface area contributed by atoms with Gasteiger partial charge >= 0.3 is 0 Å². The zero-order chi connectivity index (χ0) is 19.1. The molecule has 1 amide bonds. The largest absolute Gasteiger partial charge is 0.458 e. The molecule has 0 saturated heterocycles. The fraction of sp³-hybridized carbons (Fsp3) is 0.286. The van der Waals surface area contributed by atoms with Crippen LogP contribution < -0.4 is 0 Å². The molecule has 7 heteroatoms. The van der Waals surface area contributed by atoms with Gasteiger partial charge in [-0.15, -0.1) is 11.3 Å². The molecule has 4 aromatic rings. The first-order valence-corrected chi connectivity index (χ1v) is 10.3. The summed E-state index contributed by atoms with van der Waals surface area (Å²) in [7, 11) is 0. The third-order valence-corrected chi connectivity index (χ3v) is 6.19. The molecule has 6 nitrogen and oxygen atoms in total. The summed E-state index contributed by atoms with van der Waals surface area (Å²) in [5.74, 6) is 0.867. The highest BCUT2D eigenvalue weighted by Crippen LogP contribution is 2.37. The standard InChI is InChI=1S/C21H20N4O2S/c1-13-3-2-4-16-14(13)11-17(27-16)21-20-15(23-12-24-20)7-9-25(21)19(26)6-5-18-22-8-10-28-18/h2-4,8,10-12,21H,5-7,9H2,1H3,(H,23,24)/t21-/m0/s1. The van der Waals surface area contributed by atoms with Crippen molar-refractivity contribution in [2.45, 2.75) is 32.2 Å². The fourth-order valence-electron chi connectivity index (χ4n) is 3.93. The number of carbonyl (C=O) groups excluding carboxylic acids is 1. The van der Waals surface area contributed by atoms with Crippen molar-refractivity contribution in [1.82, 2.24) is 19.9 Å². The maximum Gasteiger partial charge on any atom is 0.223 e. The van der Waals surface area contributed by atoms with Crippen LogP contribution >= 0.6 is 11.3 Å². The third kappa shape index (κ3) is 2.92. The van der Waals surface area contributed by atoms with Crippen molar-refractivity contribution in [3.63, 3.8) is 0 Å². The highest BCUT2D eigenvalue weighted by atomic mass is 32.1. The first-order valence-electron chi connectivity index (χ1n) is 9.40. The van der Waals surface area contributed by atoms with E-state index in [0.717, 1.165) is 45.1 Å². The van der Waals surface area contributed by atoms with Gasteiger partial charge in [0, 0.05) is 48.5 Å². The molecule has 5 rings (SSSR count). The van der Waals surface area contributed by atoms with E-state index in [1.54, 1.807) is 23.9 Å². The molecule has 1 aliphatic heterocycles. The second kappa shape index (κ2) is 6.91. The Balaban J connectivity index is 1.50. The number of aryl methyl sites for hydroxylation is 2. The molecule has 0 radical (unpaired) electrons. The van der Waals surface area contributed by atoms with Gasteiger partial charge in [0.15, 0.2) is 0 Å². The second-order valence-electron chi connectivity index (χ2n) is 7.07. The van der Waals surface area contributed by atoms with Crippen LogP contribution in [0.1, 0.15) is 40.2 Å². The SMILES string of the molecule is Cc1cccc2oc([C@H]3c4nc[nH]c4CCN3C(=O)CCc3nccs3)cc12. The van der Waals surface area contributed by atoms with Crippen molar-refractivity contribution < 1.29 is 9.21 Å². The summed E-state index contributed by atoms with van der Waals surface area (Å²) in [6.45, 7) is 2.71. The predicted octanol–water partition coefficient (Wildman–Crippen LogP) is 4.03. The number of nitrogens with one attached hydrogen (secondary N) is 1. The number of imidazole rings is 1. The first kappa shape index (κ1) is 17.2. The molecule has 1 aliphatic rings. The molecule has 4 heterocycles. The Kier molecular flexibility index (Phi) is 4.24. The van der Waals surface area contributed by atoms with E-state index in [0.29, 0.717) is 19.4 Å². The minimum atomic E-state index is -0.300. The first-order chi connectivity index (χ1) is 13.7. The molecule has 0 bridgehead atoms. The van der Waals surface area contributed by atoms with Gasteiger partial charge in [-0.05, 0) is 24.6 Å². The highest BCUT2D eigenvalue weighted by Gasteiger charge is 2.36. The van der Waals surface area contributed by atoms with Crippen molar-refractivity contribution in [3.8, 4) is 0 Å². The smallest absolute Gasteiger partial charge is 0.223 e. The van der Waals surface area contributed by atoms with Gasteiger partial charge in [-0.3, -0.25) is 4.79 Å². The van der Waals surface area contributed by atoms with E-state index >= 15 is 0 Å². The van der Waals surface area contributed by atoms with Crippen LogP contribution in [0.25, 0.3) is 11.0 Å². The lowest BCUT2D eigenvalue weighted by molar-refractivity contribution is -0.133. The number of aromatic amines is 1. The monoisotopic (exact) mass is 392 g/mol. The Morgan fingerprint density at radius 2 is 2.32 bits per heavy atom. The molecule has 142 valence electrons. The molecule has 0 spiro atoms. The Morgan fingerprint density at radius 1 is 1.39 bits per heavy atom. The lowest BCUT2D eigenvalue weighted by Gasteiger charge is -2.33. The van der Waals surface area contributed by atoms with E-state index in [4.69, 9.17) is 4.42 Å². The van der Waals surface area contributed by atoms with Gasteiger partial charge in [0.2, 0.25) is 5.91 Å². The molecule has 28 heavy (non-hydrogen) atoms. The number of benzene rings is 1. The third-order valence-electron chi connectivity index (χ3n) is 5.35. The van der Waals surface area contributed by atoms with Crippen LogP contribution in [0.4, 0.5) is 0 Å². The number of thiazole rings is 1. The van der Waals surface area contributed by atoms with Crippen LogP contribution in [0.15, 0.2) is 46.6 Å². The summed E-state index contributed by atoms with van der Waals surface area (Å²) in [5.41, 5.74) is 3.96. The van der Waals surface area contributed by atoms with Crippen LogP contribution in [-0.4, -0.2) is 32.3 Å². The molecule has 0 fully saturated rings. The van der Waals surface area contributed by atoms with E-state index in [1.165, 1.54) is 0 Å². The summed E-state index contributed by atoms with van der Waals surface area (Å²) < 4.78 is 6.19. The number of hydrogen-bond donors (Lipinski definition) is 1. The normalized spacial score (nSPS) is 16.5. The van der Waals surface area contributed by atoms with Gasteiger partial charge < -0.3 is 14.3 Å². The molecule has 0 saturated carbocycles. The van der Waals surface area contributed by atoms with Crippen LogP contribution in [-0.2, 0) is 17.6 Å². The molecule has 0 unspecified atom stereocenters. The van der Waals surface area contributed by atoms with Crippen LogP contribution in [0.5, 0.6) is 0 Å². The average molecular weight is 392 g/mol. The van der Waals surface area contributed by atoms with E-state index in [1.807, 2.05) is 22.4 Å². The number of aromatic nitrogens is 3. The van der Waals surface area contributed by atoms with Crippen LogP contribution in [0.3, 0.4) is 0 Å². The van der Waals surface area contributed by atoms with Crippen LogP contribution in [0.2, 0.25) is 0 Å². The molecule has 3 aromatic heterocycles. The van der Waals surface area contributed by atoms with Crippen molar-refractivity contribution >= 4 is 28.2 Å². The zero-order valence-electron chi connectivity index (χ0n) is 15.5. The van der Waals surface area contributed by atoms with Crippen molar-refractivity contribution in [2.75, 3.05) is 6.54 Å². The van der Waals surface area contributed by atoms with Gasteiger partial charge in [-0.2, -0.15) is 0 Å². The number of hydrogen-bond acceptors (Lipinski definition) is 5. The number of nitrogens with zero attached hydrogens (tertiary/aromatic N) is 3. The number of rotatable bonds is 4. The lowest BCUT2D eigenvalue weighted by atomic mass is 9.99. The van der Waals surface area contributed by atoms with Crippen LogP contribution in [0, 0.1) is 6.92 Å². The Morgan fingerprint density at radius 3 is 3.14 bits per heavy atom. The molecule has 1 N–H and O–H groups in total. The second-order valence-corrected chi connectivity index (χ2v) is 8.05. The maximum absolute atomic E-state index is 13.1. The number of fused-ring (bicyclic) bond motifs is 2. The van der Waals surface area contributed by atoms with E-state index in [2.05, 4.69) is 34.0 Å². The number of carbonyl (C=O) groups is 1. The van der Waals surface area contributed by atoms with E-state index in [9.17, 15) is 4.79 Å². The number of amides is 1. The Hall–Kier alpha value is -2.93. The molecule has 1 aromatic carbocycles. The van der Waals surface area contributed by atoms with Gasteiger partial charge in [0.25, 0.3) is 0 Å². The average Bonchev–Trinajstić information content (AvgIpc) is 3.45. The molecule has 1 atom stereocenters. The summed E-state index contributed by atoms with van der Waals surface area (Å²) in [5, 5.41) is 4.01.